The van der Waals surface area contributed by atoms with Crippen LogP contribution in [0.5, 0.6) is 0 Å². The third-order valence-corrected chi connectivity index (χ3v) is 7.69. The molecule has 1 saturated carbocycles. The minimum absolute atomic E-state index is 0.0634. The van der Waals surface area contributed by atoms with E-state index in [1.54, 1.807) is 11.3 Å². The van der Waals surface area contributed by atoms with Gasteiger partial charge in [-0.25, -0.2) is 4.98 Å². The van der Waals surface area contributed by atoms with E-state index in [2.05, 4.69) is 14.5 Å². The van der Waals surface area contributed by atoms with E-state index in [0.717, 1.165) is 60.3 Å². The number of Topliss-reactive ketones (excluding diaryl/α,β-unsaturated/α-hetero) is 1. The number of nitrogens with one attached hydrogen (secondary N) is 1. The summed E-state index contributed by atoms with van der Waals surface area (Å²) in [5, 5.41) is 0.713. The maximum atomic E-state index is 12.6. The number of hydrogen-bond acceptors (Lipinski definition) is 6. The molecule has 0 amide bonds. The highest BCUT2D eigenvalue weighted by Crippen LogP contribution is 2.38. The number of esters is 1. The summed E-state index contributed by atoms with van der Waals surface area (Å²) in [6.07, 6.45) is 6.83. The molecular weight excluding hydrogens is 426 g/mol. The summed E-state index contributed by atoms with van der Waals surface area (Å²) in [6, 6.07) is 2.38. The summed E-state index contributed by atoms with van der Waals surface area (Å²) >= 11 is 1.59. The fourth-order valence-electron chi connectivity index (χ4n) is 4.80. The van der Waals surface area contributed by atoms with E-state index in [1.165, 1.54) is 4.88 Å². The van der Waals surface area contributed by atoms with Gasteiger partial charge in [0.15, 0.2) is 6.61 Å². The zero-order chi connectivity index (χ0) is 22.4. The second-order valence-electron chi connectivity index (χ2n) is 8.87. The van der Waals surface area contributed by atoms with Crippen LogP contribution < -0.4 is 5.56 Å². The first kappa shape index (κ1) is 21.1. The quantitative estimate of drug-likeness (QED) is 0.431. The predicted octanol–water partition coefficient (Wildman–Crippen LogP) is 3.98. The highest BCUT2D eigenvalue weighted by Gasteiger charge is 2.28. The molecule has 3 heterocycles. The van der Waals surface area contributed by atoms with E-state index in [0.29, 0.717) is 22.8 Å². The molecule has 0 spiro atoms. The predicted molar refractivity (Wildman–Crippen MR) is 123 cm³/mol. The van der Waals surface area contributed by atoms with Gasteiger partial charge in [-0.2, -0.15) is 0 Å². The average molecular weight is 454 g/mol. The molecule has 0 saturated heterocycles. The van der Waals surface area contributed by atoms with Crippen molar-refractivity contribution in [3.8, 4) is 0 Å². The molecule has 0 bridgehead atoms. The van der Waals surface area contributed by atoms with Gasteiger partial charge in [-0.15, -0.1) is 11.3 Å². The molecule has 1 fully saturated rings. The SMILES string of the molecule is Cc1cc(C(=O)COC(=O)CCc2nc3sc4c(c3c(=O)[nH]2)CCCC4)c(C)n1C1CC1. The number of rotatable bonds is 7. The Kier molecular flexibility index (Phi) is 5.49. The highest BCUT2D eigenvalue weighted by atomic mass is 32.1. The van der Waals surface area contributed by atoms with Crippen LogP contribution in [0, 0.1) is 13.8 Å². The monoisotopic (exact) mass is 453 g/mol. The molecule has 1 N–H and O–H groups in total. The number of H-pyrrole nitrogens is 1. The molecular formula is C24H27N3O4S. The van der Waals surface area contributed by atoms with Crippen LogP contribution in [0.1, 0.15) is 76.2 Å². The summed E-state index contributed by atoms with van der Waals surface area (Å²) in [6.45, 7) is 3.68. The minimum atomic E-state index is -0.470. The Hall–Kier alpha value is -2.74. The lowest BCUT2D eigenvalue weighted by atomic mass is 9.97. The molecule has 2 aliphatic carbocycles. The van der Waals surface area contributed by atoms with Crippen molar-refractivity contribution in [1.82, 2.24) is 14.5 Å². The van der Waals surface area contributed by atoms with Crippen molar-refractivity contribution in [2.75, 3.05) is 6.61 Å². The summed E-state index contributed by atoms with van der Waals surface area (Å²) < 4.78 is 7.43. The van der Waals surface area contributed by atoms with Crippen LogP contribution in [0.4, 0.5) is 0 Å². The van der Waals surface area contributed by atoms with Crippen LogP contribution in [-0.4, -0.2) is 32.9 Å². The van der Waals surface area contributed by atoms with Crippen LogP contribution >= 0.6 is 11.3 Å². The van der Waals surface area contributed by atoms with Crippen molar-refractivity contribution in [3.05, 3.63) is 49.6 Å². The Bertz CT molecular complexity index is 1280. The maximum Gasteiger partial charge on any atom is 0.306 e. The van der Waals surface area contributed by atoms with Crippen LogP contribution in [0.25, 0.3) is 10.2 Å². The van der Waals surface area contributed by atoms with E-state index >= 15 is 0 Å². The lowest BCUT2D eigenvalue weighted by Gasteiger charge is -2.09. The molecule has 3 aromatic heterocycles. The molecule has 0 aliphatic heterocycles. The fraction of sp³-hybridized carbons (Fsp3) is 0.500. The molecule has 0 unspecified atom stereocenters. The zero-order valence-electron chi connectivity index (χ0n) is 18.5. The first-order valence-electron chi connectivity index (χ1n) is 11.3. The molecule has 168 valence electrons. The molecule has 32 heavy (non-hydrogen) atoms. The fourth-order valence-corrected chi connectivity index (χ4v) is 6.08. The second-order valence-corrected chi connectivity index (χ2v) is 9.96. The Labute approximate surface area is 189 Å². The number of aryl methyl sites for hydroxylation is 4. The van der Waals surface area contributed by atoms with Gasteiger partial charge in [0.1, 0.15) is 10.7 Å². The lowest BCUT2D eigenvalue weighted by Crippen LogP contribution is -2.17. The largest absolute Gasteiger partial charge is 0.457 e. The van der Waals surface area contributed by atoms with Crippen molar-refractivity contribution in [1.29, 1.82) is 0 Å². The smallest absolute Gasteiger partial charge is 0.306 e. The number of nitrogens with zero attached hydrogens (tertiary/aromatic N) is 2. The van der Waals surface area contributed by atoms with Gasteiger partial charge in [0, 0.05) is 34.3 Å². The average Bonchev–Trinajstić information content (AvgIpc) is 3.45. The van der Waals surface area contributed by atoms with Crippen LogP contribution in [-0.2, 0) is 28.8 Å². The van der Waals surface area contributed by atoms with Crippen molar-refractivity contribution in [2.24, 2.45) is 0 Å². The number of aromatic nitrogens is 3. The topological polar surface area (TPSA) is 94.1 Å². The van der Waals surface area contributed by atoms with Crippen LogP contribution in [0.2, 0.25) is 0 Å². The third kappa shape index (κ3) is 3.92. The Morgan fingerprint density at radius 2 is 2.03 bits per heavy atom. The first-order valence-corrected chi connectivity index (χ1v) is 12.1. The molecule has 7 nitrogen and oxygen atoms in total. The van der Waals surface area contributed by atoms with E-state index < -0.39 is 5.97 Å². The molecule has 0 radical (unpaired) electrons. The Morgan fingerprint density at radius 1 is 1.25 bits per heavy atom. The van der Waals surface area contributed by atoms with Crippen molar-refractivity contribution in [2.45, 2.75) is 71.3 Å². The molecule has 8 heteroatoms. The van der Waals surface area contributed by atoms with Crippen LogP contribution in [0.15, 0.2) is 10.9 Å². The molecule has 2 aliphatic rings. The number of hydrogen-bond donors (Lipinski definition) is 1. The number of fused-ring (bicyclic) bond motifs is 3. The standard InChI is InChI=1S/C24H27N3O4S/c1-13-11-17(14(2)27(13)15-7-8-15)18(28)12-31-21(29)10-9-20-25-23(30)22-16-5-3-4-6-19(16)32-24(22)26-20/h11,15H,3-10,12H2,1-2H3,(H,25,26,30). The van der Waals surface area contributed by atoms with Crippen molar-refractivity contribution in [3.63, 3.8) is 0 Å². The summed E-state index contributed by atoms with van der Waals surface area (Å²) in [5.41, 5.74) is 3.66. The Morgan fingerprint density at radius 3 is 2.81 bits per heavy atom. The lowest BCUT2D eigenvalue weighted by molar-refractivity contribution is -0.142. The number of thiophene rings is 1. The first-order chi connectivity index (χ1) is 15.4. The normalized spacial score (nSPS) is 15.7. The number of ketones is 1. The van der Waals surface area contributed by atoms with Gasteiger partial charge in [0.25, 0.3) is 5.56 Å². The van der Waals surface area contributed by atoms with E-state index in [1.807, 2.05) is 19.9 Å². The van der Waals surface area contributed by atoms with Crippen LogP contribution in [0.3, 0.4) is 0 Å². The van der Waals surface area contributed by atoms with Gasteiger partial charge in [-0.05, 0) is 64.0 Å². The second kappa shape index (κ2) is 8.31. The highest BCUT2D eigenvalue weighted by molar-refractivity contribution is 7.18. The van der Waals surface area contributed by atoms with Gasteiger partial charge in [0.05, 0.1) is 11.8 Å². The molecule has 0 atom stereocenters. The van der Waals surface area contributed by atoms with Crippen molar-refractivity contribution < 1.29 is 14.3 Å². The minimum Gasteiger partial charge on any atom is -0.457 e. The van der Waals surface area contributed by atoms with Gasteiger partial charge in [-0.3, -0.25) is 14.4 Å². The van der Waals surface area contributed by atoms with E-state index in [9.17, 15) is 14.4 Å². The number of carbonyl (C=O) groups is 2. The summed E-state index contributed by atoms with van der Waals surface area (Å²) in [4.78, 5) is 46.9. The number of ether oxygens (including phenoxy) is 1. The number of aromatic amines is 1. The van der Waals surface area contributed by atoms with Gasteiger partial charge in [0.2, 0.25) is 5.78 Å². The molecule has 5 rings (SSSR count). The Balaban J connectivity index is 1.20. The molecule has 3 aromatic rings. The summed E-state index contributed by atoms with van der Waals surface area (Å²) in [7, 11) is 0. The van der Waals surface area contributed by atoms with Gasteiger partial charge < -0.3 is 14.3 Å². The van der Waals surface area contributed by atoms with Crippen molar-refractivity contribution >= 4 is 33.3 Å². The zero-order valence-corrected chi connectivity index (χ0v) is 19.3. The molecule has 0 aromatic carbocycles. The van der Waals surface area contributed by atoms with E-state index in [4.69, 9.17) is 4.74 Å². The maximum absolute atomic E-state index is 12.6. The number of carbonyl (C=O) groups excluding carboxylic acids is 2. The van der Waals surface area contributed by atoms with E-state index in [-0.39, 0.29) is 30.8 Å². The third-order valence-electron chi connectivity index (χ3n) is 6.50. The van der Waals surface area contributed by atoms with Gasteiger partial charge in [-0.1, -0.05) is 0 Å². The van der Waals surface area contributed by atoms with Gasteiger partial charge >= 0.3 is 5.97 Å². The summed E-state index contributed by atoms with van der Waals surface area (Å²) in [5.74, 6) is -0.171.